The Morgan fingerprint density at radius 1 is 0.774 bits per heavy atom. The fraction of sp³-hybridized carbons (Fsp3) is 0.238. The van der Waals surface area contributed by atoms with Crippen molar-refractivity contribution in [2.24, 2.45) is 0 Å². The summed E-state index contributed by atoms with van der Waals surface area (Å²) < 4.78 is 0. The van der Waals surface area contributed by atoms with E-state index in [1.807, 2.05) is 34.3 Å². The average Bonchev–Trinajstić information content (AvgIpc) is 2.77. The maximum absolute atomic E-state index is 12.4. The monoisotopic (exact) mass is 420 g/mol. The van der Waals surface area contributed by atoms with Crippen LogP contribution in [0.1, 0.15) is 26.5 Å². The molecule has 2 N–H and O–H groups in total. The summed E-state index contributed by atoms with van der Waals surface area (Å²) >= 11 is 0. The fourth-order valence-electron chi connectivity index (χ4n) is 2.60. The van der Waals surface area contributed by atoms with E-state index in [9.17, 15) is 9.59 Å². The zero-order chi connectivity index (χ0) is 22.4. The first-order valence-electron chi connectivity index (χ1n) is 9.54. The molecule has 0 radical (unpaired) electrons. The number of hydrogen-bond donors (Lipinski definition) is 2. The molecule has 1 aromatic carbocycles. The molecule has 2 heterocycles. The van der Waals surface area contributed by atoms with Crippen molar-refractivity contribution < 1.29 is 9.59 Å². The minimum Gasteiger partial charge on any atom is -0.361 e. The molecule has 0 aliphatic heterocycles. The third-order valence-electron chi connectivity index (χ3n) is 4.32. The van der Waals surface area contributed by atoms with Crippen LogP contribution in [0.4, 0.5) is 17.3 Å². The molecule has 0 aliphatic carbocycles. The van der Waals surface area contributed by atoms with Gasteiger partial charge in [0.25, 0.3) is 11.8 Å². The Bertz CT molecular complexity index is 1050. The van der Waals surface area contributed by atoms with Crippen LogP contribution >= 0.6 is 0 Å². The zero-order valence-corrected chi connectivity index (χ0v) is 17.8. The number of carbonyl (C=O) groups excluding carboxylic acids is 2. The number of anilines is 3. The first-order chi connectivity index (χ1) is 14.8. The van der Waals surface area contributed by atoms with E-state index in [0.717, 1.165) is 5.56 Å². The van der Waals surface area contributed by atoms with Crippen molar-refractivity contribution >= 4 is 29.1 Å². The lowest BCUT2D eigenvalue weighted by molar-refractivity contribution is 0.0944. The van der Waals surface area contributed by atoms with Crippen molar-refractivity contribution in [3.8, 4) is 0 Å². The summed E-state index contributed by atoms with van der Waals surface area (Å²) in [7, 11) is 7.39. The van der Waals surface area contributed by atoms with Gasteiger partial charge in [0, 0.05) is 40.4 Å². The Morgan fingerprint density at radius 3 is 1.87 bits per heavy atom. The Morgan fingerprint density at radius 2 is 1.35 bits per heavy atom. The predicted molar refractivity (Wildman–Crippen MR) is 118 cm³/mol. The van der Waals surface area contributed by atoms with Gasteiger partial charge in [-0.1, -0.05) is 12.1 Å². The lowest BCUT2D eigenvalue weighted by Gasteiger charge is -2.11. The molecule has 160 valence electrons. The number of nitrogens with one attached hydrogen (secondary N) is 2. The molecule has 2 aromatic heterocycles. The molecule has 3 aromatic rings. The molecule has 0 aliphatic rings. The second-order valence-corrected chi connectivity index (χ2v) is 7.18. The standard InChI is InChI=1S/C21H24N8O2/c1-28(2)18-10-8-16(24-26-18)20(30)22-13-14-6-5-7-15(12-14)23-21(31)17-9-11-19(27-25-17)29(3)4/h5-12H,13H2,1-4H3,(H,22,30)(H,23,31). The van der Waals surface area contributed by atoms with Crippen LogP contribution in [-0.2, 0) is 6.54 Å². The van der Waals surface area contributed by atoms with Gasteiger partial charge in [0.15, 0.2) is 23.0 Å². The van der Waals surface area contributed by atoms with Crippen LogP contribution in [0.2, 0.25) is 0 Å². The highest BCUT2D eigenvalue weighted by molar-refractivity contribution is 6.02. The Hall–Kier alpha value is -4.08. The summed E-state index contributed by atoms with van der Waals surface area (Å²) in [5.74, 6) is 0.634. The number of benzene rings is 1. The van der Waals surface area contributed by atoms with Crippen molar-refractivity contribution in [3.63, 3.8) is 0 Å². The topological polar surface area (TPSA) is 116 Å². The smallest absolute Gasteiger partial charge is 0.276 e. The van der Waals surface area contributed by atoms with E-state index in [1.54, 1.807) is 52.3 Å². The summed E-state index contributed by atoms with van der Waals surface area (Å²) in [5.41, 5.74) is 1.85. The number of hydrogen-bond acceptors (Lipinski definition) is 8. The van der Waals surface area contributed by atoms with Gasteiger partial charge >= 0.3 is 0 Å². The minimum absolute atomic E-state index is 0.212. The molecule has 10 nitrogen and oxygen atoms in total. The van der Waals surface area contributed by atoms with Gasteiger partial charge in [0.1, 0.15) is 0 Å². The maximum Gasteiger partial charge on any atom is 0.276 e. The molecule has 0 unspecified atom stereocenters. The van der Waals surface area contributed by atoms with E-state index >= 15 is 0 Å². The molecular formula is C21H24N8O2. The fourth-order valence-corrected chi connectivity index (χ4v) is 2.60. The summed E-state index contributed by atoms with van der Waals surface area (Å²) in [6.45, 7) is 0.275. The van der Waals surface area contributed by atoms with Gasteiger partial charge in [0.05, 0.1) is 0 Å². The van der Waals surface area contributed by atoms with Gasteiger partial charge < -0.3 is 20.4 Å². The van der Waals surface area contributed by atoms with Crippen molar-refractivity contribution in [1.82, 2.24) is 25.7 Å². The molecule has 3 rings (SSSR count). The van der Waals surface area contributed by atoms with Gasteiger partial charge in [-0.05, 0) is 42.0 Å². The van der Waals surface area contributed by atoms with E-state index in [2.05, 4.69) is 31.0 Å². The van der Waals surface area contributed by atoms with E-state index in [0.29, 0.717) is 17.3 Å². The summed E-state index contributed by atoms with van der Waals surface area (Å²) in [6.07, 6.45) is 0. The van der Waals surface area contributed by atoms with Gasteiger partial charge in [-0.2, -0.15) is 0 Å². The first kappa shape index (κ1) is 21.6. The first-order valence-corrected chi connectivity index (χ1v) is 9.54. The SMILES string of the molecule is CN(C)c1ccc(C(=O)NCc2cccc(NC(=O)c3ccc(N(C)C)nn3)c2)nn1. The van der Waals surface area contributed by atoms with Crippen LogP contribution in [0.5, 0.6) is 0 Å². The molecule has 0 atom stereocenters. The van der Waals surface area contributed by atoms with Crippen LogP contribution in [0.25, 0.3) is 0 Å². The summed E-state index contributed by atoms with van der Waals surface area (Å²) in [4.78, 5) is 28.3. The van der Waals surface area contributed by atoms with Crippen molar-refractivity contribution in [1.29, 1.82) is 0 Å². The molecule has 0 spiro atoms. The molecular weight excluding hydrogens is 396 g/mol. The Kier molecular flexibility index (Phi) is 6.71. The van der Waals surface area contributed by atoms with E-state index in [-0.39, 0.29) is 29.7 Å². The van der Waals surface area contributed by atoms with Crippen molar-refractivity contribution in [2.45, 2.75) is 6.54 Å². The summed E-state index contributed by atoms with van der Waals surface area (Å²) in [5, 5.41) is 21.5. The number of aromatic nitrogens is 4. The lowest BCUT2D eigenvalue weighted by atomic mass is 10.2. The van der Waals surface area contributed by atoms with Crippen LogP contribution in [0, 0.1) is 0 Å². The number of nitrogens with zero attached hydrogens (tertiary/aromatic N) is 6. The highest BCUT2D eigenvalue weighted by Crippen LogP contribution is 2.13. The molecule has 0 saturated carbocycles. The molecule has 0 fully saturated rings. The second-order valence-electron chi connectivity index (χ2n) is 7.18. The van der Waals surface area contributed by atoms with Gasteiger partial charge in [-0.25, -0.2) is 0 Å². The van der Waals surface area contributed by atoms with E-state index in [1.165, 1.54) is 0 Å². The van der Waals surface area contributed by atoms with Crippen LogP contribution in [0.15, 0.2) is 48.5 Å². The van der Waals surface area contributed by atoms with E-state index in [4.69, 9.17) is 0 Å². The number of amides is 2. The average molecular weight is 420 g/mol. The van der Waals surface area contributed by atoms with Crippen LogP contribution < -0.4 is 20.4 Å². The third-order valence-corrected chi connectivity index (χ3v) is 4.32. The normalized spacial score (nSPS) is 10.3. The Balaban J connectivity index is 1.59. The predicted octanol–water partition coefficient (Wildman–Crippen LogP) is 1.58. The number of rotatable bonds is 7. The summed E-state index contributed by atoms with van der Waals surface area (Å²) in [6, 6.07) is 13.9. The van der Waals surface area contributed by atoms with Gasteiger partial charge in [0.2, 0.25) is 0 Å². The van der Waals surface area contributed by atoms with Crippen molar-refractivity contribution in [3.05, 3.63) is 65.5 Å². The second kappa shape index (κ2) is 9.61. The zero-order valence-electron chi connectivity index (χ0n) is 17.8. The highest BCUT2D eigenvalue weighted by atomic mass is 16.2. The molecule has 2 amide bonds. The van der Waals surface area contributed by atoms with Crippen LogP contribution in [-0.4, -0.2) is 60.4 Å². The lowest BCUT2D eigenvalue weighted by Crippen LogP contribution is -2.24. The molecule has 31 heavy (non-hydrogen) atoms. The molecule has 10 heteroatoms. The Labute approximate surface area is 180 Å². The van der Waals surface area contributed by atoms with Gasteiger partial charge in [-0.15, -0.1) is 20.4 Å². The molecule has 0 bridgehead atoms. The largest absolute Gasteiger partial charge is 0.361 e. The number of carbonyl (C=O) groups is 2. The minimum atomic E-state index is -0.366. The maximum atomic E-state index is 12.4. The third kappa shape index (κ3) is 5.72. The highest BCUT2D eigenvalue weighted by Gasteiger charge is 2.11. The van der Waals surface area contributed by atoms with E-state index < -0.39 is 0 Å². The quantitative estimate of drug-likeness (QED) is 0.592. The van der Waals surface area contributed by atoms with Crippen molar-refractivity contribution in [2.75, 3.05) is 43.3 Å². The van der Waals surface area contributed by atoms with Gasteiger partial charge in [-0.3, -0.25) is 9.59 Å². The van der Waals surface area contributed by atoms with Crippen LogP contribution in [0.3, 0.4) is 0 Å². The molecule has 0 saturated heterocycles.